The van der Waals surface area contributed by atoms with Crippen LogP contribution in [-0.4, -0.2) is 56.8 Å². The third kappa shape index (κ3) is 5.55. The molecule has 0 aliphatic carbocycles. The lowest BCUT2D eigenvalue weighted by atomic mass is 9.94. The first-order valence-electron chi connectivity index (χ1n) is 9.63. The number of aliphatic hydroxyl groups excluding tert-OH is 3. The molecule has 9 heteroatoms. The molecule has 1 fully saturated rings. The van der Waals surface area contributed by atoms with Gasteiger partial charge in [-0.1, -0.05) is 60.7 Å². The molecule has 5 atom stereocenters. The normalized spacial score (nSPS) is 29.6. The van der Waals surface area contributed by atoms with Crippen molar-refractivity contribution in [3.63, 3.8) is 0 Å². The summed E-state index contributed by atoms with van der Waals surface area (Å²) in [6.07, 6.45) is -6.73. The molecule has 0 spiro atoms. The zero-order valence-electron chi connectivity index (χ0n) is 16.6. The van der Waals surface area contributed by atoms with E-state index in [1.165, 1.54) is 6.92 Å². The molecular formula is C21H27O8P. The molecule has 1 heterocycles. The van der Waals surface area contributed by atoms with Crippen LogP contribution in [0.15, 0.2) is 60.7 Å². The quantitative estimate of drug-likeness (QED) is 0.460. The van der Waals surface area contributed by atoms with E-state index >= 15 is 0 Å². The third-order valence-electron chi connectivity index (χ3n) is 4.97. The molecule has 1 saturated heterocycles. The average Bonchev–Trinajstić information content (AvgIpc) is 2.75. The van der Waals surface area contributed by atoms with Crippen LogP contribution in [0.2, 0.25) is 0 Å². The first-order chi connectivity index (χ1) is 14.2. The van der Waals surface area contributed by atoms with E-state index < -0.39 is 44.0 Å². The van der Waals surface area contributed by atoms with Gasteiger partial charge in [-0.3, -0.25) is 4.57 Å². The lowest BCUT2D eigenvalue weighted by Gasteiger charge is -2.45. The maximum atomic E-state index is 13.5. The van der Waals surface area contributed by atoms with Crippen molar-refractivity contribution in [1.82, 2.24) is 0 Å². The molecule has 4 N–H and O–H groups in total. The van der Waals surface area contributed by atoms with E-state index in [4.69, 9.17) is 13.8 Å². The van der Waals surface area contributed by atoms with Gasteiger partial charge >= 0.3 is 7.60 Å². The molecule has 0 aromatic heterocycles. The van der Waals surface area contributed by atoms with E-state index in [1.54, 1.807) is 48.5 Å². The van der Waals surface area contributed by atoms with Gasteiger partial charge in [0.25, 0.3) is 0 Å². The summed E-state index contributed by atoms with van der Waals surface area (Å²) in [6, 6.07) is 18.0. The highest BCUT2D eigenvalue weighted by atomic mass is 31.2. The lowest BCUT2D eigenvalue weighted by Crippen LogP contribution is -2.65. The fraction of sp³-hybridized carbons (Fsp3) is 0.429. The zero-order chi connectivity index (χ0) is 21.8. The number of rotatable bonds is 8. The van der Waals surface area contributed by atoms with E-state index in [2.05, 4.69) is 0 Å². The summed E-state index contributed by atoms with van der Waals surface area (Å²) in [6.45, 7) is 1.31. The maximum Gasteiger partial charge on any atom is 0.336 e. The Morgan fingerprint density at radius 3 is 1.83 bits per heavy atom. The van der Waals surface area contributed by atoms with Gasteiger partial charge in [-0.15, -0.1) is 0 Å². The van der Waals surface area contributed by atoms with Crippen molar-refractivity contribution < 1.29 is 38.8 Å². The van der Waals surface area contributed by atoms with Gasteiger partial charge in [0.05, 0.1) is 19.3 Å². The van der Waals surface area contributed by atoms with E-state index in [0.717, 1.165) is 11.1 Å². The fourth-order valence-electron chi connectivity index (χ4n) is 3.22. The van der Waals surface area contributed by atoms with Crippen molar-refractivity contribution in [2.45, 2.75) is 50.3 Å². The highest BCUT2D eigenvalue weighted by Gasteiger charge is 2.55. The number of benzene rings is 2. The first-order valence-corrected chi connectivity index (χ1v) is 11.4. The van der Waals surface area contributed by atoms with Gasteiger partial charge in [0.2, 0.25) is 5.79 Å². The highest BCUT2D eigenvalue weighted by molar-refractivity contribution is 7.53. The van der Waals surface area contributed by atoms with Crippen LogP contribution in [-0.2, 0) is 31.6 Å². The van der Waals surface area contributed by atoms with Gasteiger partial charge in [0.15, 0.2) is 0 Å². The summed E-state index contributed by atoms with van der Waals surface area (Å²) in [4.78, 5) is 0. The number of aliphatic hydroxyl groups is 4. The van der Waals surface area contributed by atoms with Gasteiger partial charge in [0, 0.05) is 0 Å². The number of hydrogen-bond acceptors (Lipinski definition) is 8. The molecular weight excluding hydrogens is 411 g/mol. The van der Waals surface area contributed by atoms with Crippen LogP contribution in [0.25, 0.3) is 0 Å². The van der Waals surface area contributed by atoms with Crippen molar-refractivity contribution in [2.75, 3.05) is 6.16 Å². The largest absolute Gasteiger partial charge is 0.388 e. The van der Waals surface area contributed by atoms with Crippen LogP contribution < -0.4 is 0 Å². The van der Waals surface area contributed by atoms with Crippen LogP contribution >= 0.6 is 7.60 Å². The maximum absolute atomic E-state index is 13.5. The number of hydrogen-bond donors (Lipinski definition) is 4. The van der Waals surface area contributed by atoms with E-state index in [9.17, 15) is 25.0 Å². The predicted molar refractivity (Wildman–Crippen MR) is 108 cm³/mol. The second-order valence-corrected chi connectivity index (χ2v) is 9.44. The van der Waals surface area contributed by atoms with Crippen molar-refractivity contribution in [3.05, 3.63) is 71.8 Å². The Bertz CT molecular complexity index is 801. The standard InChI is InChI=1S/C21H27O8P/c1-15-18(22)19(23)20(24)21(25,29-15)14-30(26,27-12-16-8-4-2-5-9-16)28-13-17-10-6-3-7-11-17/h2-11,15,18-20,22-25H,12-14H2,1H3/t15-,18-,19+,20+,21+/m0/s1. The molecule has 0 radical (unpaired) electrons. The van der Waals surface area contributed by atoms with Crippen molar-refractivity contribution in [1.29, 1.82) is 0 Å². The third-order valence-corrected chi connectivity index (χ3v) is 6.85. The Morgan fingerprint density at radius 1 is 0.900 bits per heavy atom. The van der Waals surface area contributed by atoms with E-state index in [1.807, 2.05) is 12.1 Å². The molecule has 8 nitrogen and oxygen atoms in total. The second-order valence-electron chi connectivity index (χ2n) is 7.38. The van der Waals surface area contributed by atoms with Crippen molar-refractivity contribution >= 4 is 7.60 Å². The molecule has 2 aromatic carbocycles. The van der Waals surface area contributed by atoms with Gasteiger partial charge in [-0.25, -0.2) is 0 Å². The summed E-state index contributed by atoms with van der Waals surface area (Å²) in [5.74, 6) is -2.43. The Balaban J connectivity index is 1.79. The zero-order valence-corrected chi connectivity index (χ0v) is 17.5. The molecule has 0 unspecified atom stereocenters. The Labute approximate surface area is 175 Å². The van der Waals surface area contributed by atoms with E-state index in [-0.39, 0.29) is 13.2 Å². The van der Waals surface area contributed by atoms with Crippen LogP contribution in [0.5, 0.6) is 0 Å². The first kappa shape index (κ1) is 23.1. The topological polar surface area (TPSA) is 126 Å². The van der Waals surface area contributed by atoms with E-state index in [0.29, 0.717) is 0 Å². The minimum absolute atomic E-state index is 0.0557. The van der Waals surface area contributed by atoms with Crippen molar-refractivity contribution in [2.24, 2.45) is 0 Å². The summed E-state index contributed by atoms with van der Waals surface area (Å²) < 4.78 is 30.0. The molecule has 0 bridgehead atoms. The molecule has 2 aromatic rings. The predicted octanol–water partition coefficient (Wildman–Crippen LogP) is 1.80. The average molecular weight is 438 g/mol. The van der Waals surface area contributed by atoms with Gasteiger partial charge in [-0.2, -0.15) is 0 Å². The van der Waals surface area contributed by atoms with Crippen LogP contribution in [0, 0.1) is 0 Å². The smallest absolute Gasteiger partial charge is 0.336 e. The van der Waals surface area contributed by atoms with Crippen LogP contribution in [0.3, 0.4) is 0 Å². The molecule has 1 aliphatic rings. The summed E-state index contributed by atoms with van der Waals surface area (Å²) >= 11 is 0. The molecule has 164 valence electrons. The minimum atomic E-state index is -4.02. The van der Waals surface area contributed by atoms with Gasteiger partial charge in [-0.05, 0) is 18.1 Å². The van der Waals surface area contributed by atoms with Crippen LogP contribution in [0.1, 0.15) is 18.1 Å². The molecule has 0 saturated carbocycles. The SMILES string of the molecule is C[C@@H]1O[C@](O)(CP(=O)(OCc2ccccc2)OCc2ccccc2)[C@H](O)[C@H](O)[C@H]1O. The second kappa shape index (κ2) is 9.68. The Morgan fingerprint density at radius 2 is 1.37 bits per heavy atom. The fourth-order valence-corrected chi connectivity index (χ4v) is 4.99. The minimum Gasteiger partial charge on any atom is -0.388 e. The van der Waals surface area contributed by atoms with Crippen molar-refractivity contribution in [3.8, 4) is 0 Å². The molecule has 1 aliphatic heterocycles. The van der Waals surface area contributed by atoms with Crippen LogP contribution in [0.4, 0.5) is 0 Å². The summed E-state index contributed by atoms with van der Waals surface area (Å²) in [7, 11) is -4.02. The molecule has 30 heavy (non-hydrogen) atoms. The lowest BCUT2D eigenvalue weighted by molar-refractivity contribution is -0.333. The van der Waals surface area contributed by atoms with Gasteiger partial charge in [0.1, 0.15) is 24.5 Å². The van der Waals surface area contributed by atoms with Gasteiger partial charge < -0.3 is 34.2 Å². The summed E-state index contributed by atoms with van der Waals surface area (Å²) in [5, 5.41) is 41.1. The highest BCUT2D eigenvalue weighted by Crippen LogP contribution is 2.53. The molecule has 3 rings (SSSR count). The number of ether oxygens (including phenoxy) is 1. The molecule has 0 amide bonds. The monoisotopic (exact) mass is 438 g/mol. The summed E-state index contributed by atoms with van der Waals surface area (Å²) in [5.41, 5.74) is 1.48. The Kier molecular flexibility index (Phi) is 7.44. The Hall–Kier alpha value is -1.61.